The molecule has 1 atom stereocenters. The highest BCUT2D eigenvalue weighted by Crippen LogP contribution is 2.23. The lowest BCUT2D eigenvalue weighted by Gasteiger charge is -2.21. The van der Waals surface area contributed by atoms with Crippen molar-refractivity contribution in [1.82, 2.24) is 15.1 Å². The fraction of sp³-hybridized carbons (Fsp3) is 0.409. The van der Waals surface area contributed by atoms with Crippen LogP contribution in [0, 0.1) is 5.92 Å². The molecule has 158 valence electrons. The molecule has 0 saturated carbocycles. The van der Waals surface area contributed by atoms with Gasteiger partial charge in [0, 0.05) is 49.6 Å². The monoisotopic (exact) mass is 427 g/mol. The molecule has 1 aromatic heterocycles. The van der Waals surface area contributed by atoms with Crippen molar-refractivity contribution < 1.29 is 19.1 Å². The number of rotatable bonds is 7. The molecule has 2 aromatic rings. The van der Waals surface area contributed by atoms with Gasteiger partial charge in [-0.3, -0.25) is 14.4 Å². The lowest BCUT2D eigenvalue weighted by molar-refractivity contribution is -0.133. The van der Waals surface area contributed by atoms with Crippen molar-refractivity contribution in [2.45, 2.75) is 19.4 Å². The molecule has 8 heteroatoms. The van der Waals surface area contributed by atoms with Crippen molar-refractivity contribution in [3.05, 3.63) is 52.2 Å². The Bertz CT molecular complexity index is 915. The van der Waals surface area contributed by atoms with Gasteiger partial charge in [-0.25, -0.2) is 0 Å². The number of nitrogens with one attached hydrogen (secondary N) is 1. The summed E-state index contributed by atoms with van der Waals surface area (Å²) in [6, 6.07) is 11.7. The second kappa shape index (κ2) is 9.30. The third-order valence-corrected chi connectivity index (χ3v) is 6.45. The van der Waals surface area contributed by atoms with Crippen molar-refractivity contribution in [3.63, 3.8) is 0 Å². The molecule has 0 radical (unpaired) electrons. The van der Waals surface area contributed by atoms with Crippen molar-refractivity contribution in [2.75, 3.05) is 32.8 Å². The number of fused-ring (bicyclic) bond motifs is 1. The van der Waals surface area contributed by atoms with Gasteiger partial charge in [0.2, 0.25) is 11.8 Å². The van der Waals surface area contributed by atoms with E-state index in [0.29, 0.717) is 32.7 Å². The Morgan fingerprint density at radius 2 is 1.97 bits per heavy atom. The number of carbonyl (C=O) groups is 3. The minimum absolute atomic E-state index is 0.00128. The number of ether oxygens (including phenoxy) is 1. The molecule has 1 fully saturated rings. The number of amides is 3. The lowest BCUT2D eigenvalue weighted by Crippen LogP contribution is -2.41. The summed E-state index contributed by atoms with van der Waals surface area (Å²) in [4.78, 5) is 41.8. The first-order valence-electron chi connectivity index (χ1n) is 10.2. The summed E-state index contributed by atoms with van der Waals surface area (Å²) in [5.41, 5.74) is 0.956. The molecule has 1 saturated heterocycles. The van der Waals surface area contributed by atoms with Gasteiger partial charge in [0.05, 0.1) is 5.92 Å². The van der Waals surface area contributed by atoms with Gasteiger partial charge in [-0.15, -0.1) is 11.3 Å². The molecule has 2 aliphatic rings. The van der Waals surface area contributed by atoms with E-state index in [2.05, 4.69) is 11.4 Å². The van der Waals surface area contributed by atoms with Crippen LogP contribution in [0.1, 0.15) is 16.9 Å². The Balaban J connectivity index is 1.24. The Morgan fingerprint density at radius 3 is 2.80 bits per heavy atom. The van der Waals surface area contributed by atoms with Crippen molar-refractivity contribution in [3.8, 4) is 5.75 Å². The SMILES string of the molecule is O=C(NCCN1Cc2ccccc2OCC1=O)[C@H]1CC(=O)N(CCc2cccs2)C1. The summed E-state index contributed by atoms with van der Waals surface area (Å²) in [5.74, 6) is 0.203. The molecule has 1 aromatic carbocycles. The summed E-state index contributed by atoms with van der Waals surface area (Å²) < 4.78 is 5.55. The average molecular weight is 428 g/mol. The molecule has 3 amide bonds. The highest BCUT2D eigenvalue weighted by Gasteiger charge is 2.34. The van der Waals surface area contributed by atoms with Gasteiger partial charge in [0.15, 0.2) is 6.61 Å². The number of nitrogens with zero attached hydrogens (tertiary/aromatic N) is 2. The average Bonchev–Trinajstić information content (AvgIpc) is 3.36. The normalized spacial score (nSPS) is 18.7. The zero-order valence-electron chi connectivity index (χ0n) is 16.7. The first-order chi connectivity index (χ1) is 14.6. The Morgan fingerprint density at radius 1 is 1.10 bits per heavy atom. The van der Waals surface area contributed by atoms with E-state index in [1.807, 2.05) is 35.7 Å². The Hall–Kier alpha value is -2.87. The molecule has 3 heterocycles. The predicted molar refractivity (Wildman–Crippen MR) is 113 cm³/mol. The third kappa shape index (κ3) is 4.81. The van der Waals surface area contributed by atoms with E-state index in [1.54, 1.807) is 21.1 Å². The Labute approximate surface area is 179 Å². The first kappa shape index (κ1) is 20.4. The number of para-hydroxylation sites is 1. The Kier molecular flexibility index (Phi) is 6.32. The smallest absolute Gasteiger partial charge is 0.260 e. The summed E-state index contributed by atoms with van der Waals surface area (Å²) in [6.45, 7) is 2.33. The van der Waals surface area contributed by atoms with Crippen LogP contribution in [0.2, 0.25) is 0 Å². The number of hydrogen-bond donors (Lipinski definition) is 1. The predicted octanol–water partition coefficient (Wildman–Crippen LogP) is 1.68. The maximum absolute atomic E-state index is 12.5. The number of benzene rings is 1. The van der Waals surface area contributed by atoms with E-state index in [0.717, 1.165) is 17.7 Å². The number of thiophene rings is 1. The maximum atomic E-state index is 12.5. The van der Waals surface area contributed by atoms with E-state index in [9.17, 15) is 14.4 Å². The van der Waals surface area contributed by atoms with E-state index < -0.39 is 0 Å². The van der Waals surface area contributed by atoms with Crippen molar-refractivity contribution in [1.29, 1.82) is 0 Å². The second-order valence-electron chi connectivity index (χ2n) is 7.57. The van der Waals surface area contributed by atoms with Gasteiger partial charge in [-0.05, 0) is 23.9 Å². The molecule has 0 bridgehead atoms. The summed E-state index contributed by atoms with van der Waals surface area (Å²) in [5, 5.41) is 4.92. The molecule has 30 heavy (non-hydrogen) atoms. The molecule has 0 unspecified atom stereocenters. The fourth-order valence-electron chi connectivity index (χ4n) is 3.83. The second-order valence-corrected chi connectivity index (χ2v) is 8.61. The zero-order valence-corrected chi connectivity index (χ0v) is 17.5. The summed E-state index contributed by atoms with van der Waals surface area (Å²) in [6.07, 6.45) is 1.07. The van der Waals surface area contributed by atoms with Crippen LogP contribution in [0.15, 0.2) is 41.8 Å². The van der Waals surface area contributed by atoms with Gasteiger partial charge >= 0.3 is 0 Å². The van der Waals surface area contributed by atoms with Crippen LogP contribution < -0.4 is 10.1 Å². The lowest BCUT2D eigenvalue weighted by atomic mass is 10.1. The molecule has 1 N–H and O–H groups in total. The summed E-state index contributed by atoms with van der Waals surface area (Å²) >= 11 is 1.68. The molecule has 0 spiro atoms. The number of hydrogen-bond acceptors (Lipinski definition) is 5. The van der Waals surface area contributed by atoms with E-state index in [-0.39, 0.29) is 36.7 Å². The molecular weight excluding hydrogens is 402 g/mol. The van der Waals surface area contributed by atoms with E-state index >= 15 is 0 Å². The minimum atomic E-state index is -0.329. The molecule has 0 aliphatic carbocycles. The van der Waals surface area contributed by atoms with Crippen LogP contribution in [0.5, 0.6) is 5.75 Å². The quantitative estimate of drug-likeness (QED) is 0.729. The van der Waals surface area contributed by atoms with Crippen LogP contribution in [0.25, 0.3) is 0 Å². The van der Waals surface area contributed by atoms with Gasteiger partial charge in [-0.1, -0.05) is 24.3 Å². The number of likely N-dealkylation sites (tertiary alicyclic amines) is 1. The van der Waals surface area contributed by atoms with Crippen molar-refractivity contribution in [2.24, 2.45) is 5.92 Å². The molecule has 4 rings (SSSR count). The van der Waals surface area contributed by atoms with Crippen LogP contribution in [0.3, 0.4) is 0 Å². The highest BCUT2D eigenvalue weighted by molar-refractivity contribution is 7.09. The maximum Gasteiger partial charge on any atom is 0.260 e. The van der Waals surface area contributed by atoms with Gasteiger partial charge < -0.3 is 19.9 Å². The van der Waals surface area contributed by atoms with E-state index in [4.69, 9.17) is 4.74 Å². The summed E-state index contributed by atoms with van der Waals surface area (Å²) in [7, 11) is 0. The largest absolute Gasteiger partial charge is 0.483 e. The highest BCUT2D eigenvalue weighted by atomic mass is 32.1. The third-order valence-electron chi connectivity index (χ3n) is 5.51. The van der Waals surface area contributed by atoms with Crippen LogP contribution in [-0.4, -0.2) is 60.3 Å². The fourth-order valence-corrected chi connectivity index (χ4v) is 4.52. The van der Waals surface area contributed by atoms with Crippen LogP contribution >= 0.6 is 11.3 Å². The minimum Gasteiger partial charge on any atom is -0.483 e. The van der Waals surface area contributed by atoms with Crippen LogP contribution in [0.4, 0.5) is 0 Å². The first-order valence-corrected chi connectivity index (χ1v) is 11.0. The van der Waals surface area contributed by atoms with Gasteiger partial charge in [-0.2, -0.15) is 0 Å². The topological polar surface area (TPSA) is 79.0 Å². The van der Waals surface area contributed by atoms with E-state index in [1.165, 1.54) is 4.88 Å². The van der Waals surface area contributed by atoms with Gasteiger partial charge in [0.1, 0.15) is 5.75 Å². The molecular formula is C22H25N3O4S. The van der Waals surface area contributed by atoms with Gasteiger partial charge in [0.25, 0.3) is 5.91 Å². The number of carbonyl (C=O) groups excluding carboxylic acids is 3. The zero-order chi connectivity index (χ0) is 20.9. The molecule has 7 nitrogen and oxygen atoms in total. The van der Waals surface area contributed by atoms with Crippen LogP contribution in [-0.2, 0) is 27.3 Å². The standard InChI is InChI=1S/C22H25N3O4S/c26-20-12-17(14-24(20)9-7-18-5-3-11-30-18)22(28)23-8-10-25-13-16-4-1-2-6-19(16)29-15-21(25)27/h1-6,11,17H,7-10,12-15H2,(H,23,28)/t17-/m0/s1. The molecule has 2 aliphatic heterocycles. The van der Waals surface area contributed by atoms with Crippen molar-refractivity contribution >= 4 is 29.1 Å².